The molecule has 3 heteroatoms. The number of ether oxygens (including phenoxy) is 2. The largest absolute Gasteiger partial charge is 0.496 e. The van der Waals surface area contributed by atoms with E-state index in [-0.39, 0.29) is 0 Å². The summed E-state index contributed by atoms with van der Waals surface area (Å²) in [6, 6.07) is 5.48. The van der Waals surface area contributed by atoms with Crippen LogP contribution in [0.3, 0.4) is 0 Å². The summed E-state index contributed by atoms with van der Waals surface area (Å²) in [5.41, 5.74) is 2.34. The molecule has 1 aromatic rings. The Morgan fingerprint density at radius 1 is 1.05 bits per heavy atom. The molecule has 1 fully saturated rings. The molecule has 21 heavy (non-hydrogen) atoms. The van der Waals surface area contributed by atoms with Crippen LogP contribution in [0.15, 0.2) is 12.1 Å². The average Bonchev–Trinajstić information content (AvgIpc) is 2.82. The molecule has 0 spiro atoms. The molecule has 0 N–H and O–H groups in total. The first-order valence-electron chi connectivity index (χ1n) is 8.04. The third-order valence-electron chi connectivity index (χ3n) is 4.35. The minimum Gasteiger partial charge on any atom is -0.496 e. The van der Waals surface area contributed by atoms with E-state index in [2.05, 4.69) is 31.7 Å². The lowest BCUT2D eigenvalue weighted by atomic mass is 10.1. The Hall–Kier alpha value is -1.22. The van der Waals surface area contributed by atoms with Crippen molar-refractivity contribution in [3.05, 3.63) is 23.3 Å². The smallest absolute Gasteiger partial charge is 0.129 e. The fraction of sp³-hybridized carbons (Fsp3) is 0.667. The van der Waals surface area contributed by atoms with Gasteiger partial charge >= 0.3 is 0 Å². The lowest BCUT2D eigenvalue weighted by molar-refractivity contribution is 0.202. The van der Waals surface area contributed by atoms with E-state index in [9.17, 15) is 0 Å². The molecule has 120 valence electrons. The minimum absolute atomic E-state index is 0.655. The normalized spacial score (nSPS) is 21.7. The SMILES string of the molecule is CC.COc1ccc(CN2C(C)CCC2C)c(OC)c1C. The number of nitrogens with zero attached hydrogens (tertiary/aromatic N) is 1. The van der Waals surface area contributed by atoms with Crippen LogP contribution in [0.5, 0.6) is 11.5 Å². The van der Waals surface area contributed by atoms with Crippen LogP contribution in [0.2, 0.25) is 0 Å². The van der Waals surface area contributed by atoms with Crippen molar-refractivity contribution in [1.82, 2.24) is 4.90 Å². The van der Waals surface area contributed by atoms with E-state index >= 15 is 0 Å². The Bertz CT molecular complexity index is 435. The van der Waals surface area contributed by atoms with Crippen molar-refractivity contribution >= 4 is 0 Å². The van der Waals surface area contributed by atoms with Crippen molar-refractivity contribution in [2.24, 2.45) is 0 Å². The second-order valence-electron chi connectivity index (χ2n) is 5.53. The third-order valence-corrected chi connectivity index (χ3v) is 4.35. The standard InChI is InChI=1S/C16H25NO2.C2H6/c1-11-6-7-12(2)17(11)10-14-8-9-15(18-4)13(3)16(14)19-5;1-2/h8-9,11-12H,6-7,10H2,1-5H3;1-2H3. The van der Waals surface area contributed by atoms with Crippen molar-refractivity contribution in [1.29, 1.82) is 0 Å². The summed E-state index contributed by atoms with van der Waals surface area (Å²) in [6.07, 6.45) is 2.58. The monoisotopic (exact) mass is 293 g/mol. The summed E-state index contributed by atoms with van der Waals surface area (Å²) in [6.45, 7) is 11.6. The van der Waals surface area contributed by atoms with Gasteiger partial charge in [-0.2, -0.15) is 0 Å². The molecule has 0 aliphatic carbocycles. The minimum atomic E-state index is 0.655. The Morgan fingerprint density at radius 3 is 2.10 bits per heavy atom. The fourth-order valence-corrected chi connectivity index (χ4v) is 3.12. The molecule has 1 heterocycles. The first-order valence-corrected chi connectivity index (χ1v) is 8.04. The first-order chi connectivity index (χ1) is 10.1. The van der Waals surface area contributed by atoms with E-state index in [4.69, 9.17) is 9.47 Å². The van der Waals surface area contributed by atoms with Gasteiger partial charge in [-0.15, -0.1) is 0 Å². The van der Waals surface area contributed by atoms with Crippen LogP contribution >= 0.6 is 0 Å². The molecule has 1 aromatic carbocycles. The predicted molar refractivity (Wildman–Crippen MR) is 89.3 cm³/mol. The number of rotatable bonds is 4. The molecule has 1 aliphatic rings. The maximum Gasteiger partial charge on any atom is 0.129 e. The molecule has 2 atom stereocenters. The molecule has 2 unspecified atom stereocenters. The quantitative estimate of drug-likeness (QED) is 0.820. The summed E-state index contributed by atoms with van der Waals surface area (Å²) in [5, 5.41) is 0. The number of benzene rings is 1. The molecule has 0 saturated carbocycles. The van der Waals surface area contributed by atoms with Crippen LogP contribution in [-0.4, -0.2) is 31.2 Å². The third kappa shape index (κ3) is 3.91. The van der Waals surface area contributed by atoms with Gasteiger partial charge in [0.25, 0.3) is 0 Å². The highest BCUT2D eigenvalue weighted by Gasteiger charge is 2.28. The zero-order chi connectivity index (χ0) is 16.0. The lowest BCUT2D eigenvalue weighted by Gasteiger charge is -2.27. The average molecular weight is 293 g/mol. The highest BCUT2D eigenvalue weighted by molar-refractivity contribution is 5.49. The van der Waals surface area contributed by atoms with Gasteiger partial charge in [-0.25, -0.2) is 0 Å². The van der Waals surface area contributed by atoms with Crippen molar-refractivity contribution in [2.75, 3.05) is 14.2 Å². The number of likely N-dealkylation sites (tertiary alicyclic amines) is 1. The number of hydrogen-bond donors (Lipinski definition) is 0. The molecule has 2 rings (SSSR count). The zero-order valence-corrected chi connectivity index (χ0v) is 14.7. The van der Waals surface area contributed by atoms with Gasteiger partial charge in [-0.3, -0.25) is 4.90 Å². The zero-order valence-electron chi connectivity index (χ0n) is 14.7. The van der Waals surface area contributed by atoms with Gasteiger partial charge in [0.2, 0.25) is 0 Å². The van der Waals surface area contributed by atoms with Gasteiger partial charge in [0.15, 0.2) is 0 Å². The second kappa shape index (κ2) is 8.28. The maximum atomic E-state index is 5.59. The van der Waals surface area contributed by atoms with Gasteiger partial charge in [0, 0.05) is 29.8 Å². The second-order valence-corrected chi connectivity index (χ2v) is 5.53. The Labute approximate surface area is 130 Å². The molecule has 0 aromatic heterocycles. The Balaban J connectivity index is 0.00000106. The summed E-state index contributed by atoms with van der Waals surface area (Å²) in [5.74, 6) is 1.86. The summed E-state index contributed by atoms with van der Waals surface area (Å²) >= 11 is 0. The predicted octanol–water partition coefficient (Wildman–Crippen LogP) is 4.41. The number of methoxy groups -OCH3 is 2. The van der Waals surface area contributed by atoms with Crippen LogP contribution in [0.25, 0.3) is 0 Å². The van der Waals surface area contributed by atoms with Crippen molar-refractivity contribution in [3.63, 3.8) is 0 Å². The van der Waals surface area contributed by atoms with Crippen LogP contribution < -0.4 is 9.47 Å². The molecule has 0 bridgehead atoms. The Kier molecular flexibility index (Phi) is 7.03. The molecule has 3 nitrogen and oxygen atoms in total. The van der Waals surface area contributed by atoms with Crippen LogP contribution in [-0.2, 0) is 6.54 Å². The maximum absolute atomic E-state index is 5.59. The van der Waals surface area contributed by atoms with E-state index in [0.717, 1.165) is 23.6 Å². The van der Waals surface area contributed by atoms with Gasteiger partial charge < -0.3 is 9.47 Å². The van der Waals surface area contributed by atoms with Gasteiger partial charge in [-0.05, 0) is 39.7 Å². The fourth-order valence-electron chi connectivity index (χ4n) is 3.12. The van der Waals surface area contributed by atoms with Crippen LogP contribution in [0.4, 0.5) is 0 Å². The summed E-state index contributed by atoms with van der Waals surface area (Å²) in [7, 11) is 3.44. The lowest BCUT2D eigenvalue weighted by Crippen LogP contribution is -2.32. The van der Waals surface area contributed by atoms with Gasteiger partial charge in [-0.1, -0.05) is 19.9 Å². The summed E-state index contributed by atoms with van der Waals surface area (Å²) < 4.78 is 11.0. The van der Waals surface area contributed by atoms with Crippen molar-refractivity contribution in [2.45, 2.75) is 66.1 Å². The molecule has 0 radical (unpaired) electrons. The highest BCUT2D eigenvalue weighted by atomic mass is 16.5. The number of hydrogen-bond acceptors (Lipinski definition) is 3. The van der Waals surface area contributed by atoms with E-state index in [1.54, 1.807) is 14.2 Å². The first kappa shape index (κ1) is 17.8. The molecule has 1 saturated heterocycles. The van der Waals surface area contributed by atoms with E-state index in [0.29, 0.717) is 12.1 Å². The van der Waals surface area contributed by atoms with E-state index in [1.807, 2.05) is 19.9 Å². The molecular formula is C18H31NO2. The van der Waals surface area contributed by atoms with Crippen molar-refractivity contribution in [3.8, 4) is 11.5 Å². The Morgan fingerprint density at radius 2 is 1.62 bits per heavy atom. The topological polar surface area (TPSA) is 21.7 Å². The molecular weight excluding hydrogens is 262 g/mol. The van der Waals surface area contributed by atoms with Crippen LogP contribution in [0, 0.1) is 6.92 Å². The van der Waals surface area contributed by atoms with Gasteiger partial charge in [0.05, 0.1) is 14.2 Å². The van der Waals surface area contributed by atoms with Gasteiger partial charge in [0.1, 0.15) is 11.5 Å². The van der Waals surface area contributed by atoms with E-state index in [1.165, 1.54) is 18.4 Å². The van der Waals surface area contributed by atoms with Crippen molar-refractivity contribution < 1.29 is 9.47 Å². The molecule has 0 amide bonds. The van der Waals surface area contributed by atoms with Crippen LogP contribution in [0.1, 0.15) is 51.7 Å². The molecule has 1 aliphatic heterocycles. The van der Waals surface area contributed by atoms with E-state index < -0.39 is 0 Å². The highest BCUT2D eigenvalue weighted by Crippen LogP contribution is 2.34. The summed E-state index contributed by atoms with van der Waals surface area (Å²) in [4.78, 5) is 2.56.